The van der Waals surface area contributed by atoms with E-state index in [2.05, 4.69) is 15.9 Å². The molecular weight excluding hydrogens is 303 g/mol. The molecule has 0 saturated heterocycles. The second-order valence-corrected chi connectivity index (χ2v) is 5.22. The summed E-state index contributed by atoms with van der Waals surface area (Å²) in [4.78, 5) is 0. The maximum absolute atomic E-state index is 12.5. The van der Waals surface area contributed by atoms with E-state index in [9.17, 15) is 12.3 Å². The number of rotatable bonds is 4. The number of halogens is 2. The SMILES string of the molecule is COc1cc(CS(=O)(=O)F)cc(Br)c1OC. The zero-order chi connectivity index (χ0) is 12.3. The molecule has 0 aliphatic heterocycles. The Labute approximate surface area is 102 Å². The van der Waals surface area contributed by atoms with E-state index in [-0.39, 0.29) is 5.56 Å². The minimum atomic E-state index is -4.56. The molecule has 4 nitrogen and oxygen atoms in total. The largest absolute Gasteiger partial charge is 0.493 e. The molecule has 0 fully saturated rings. The first kappa shape index (κ1) is 13.2. The van der Waals surface area contributed by atoms with Gasteiger partial charge in [-0.1, -0.05) is 0 Å². The van der Waals surface area contributed by atoms with Crippen molar-refractivity contribution in [3.63, 3.8) is 0 Å². The lowest BCUT2D eigenvalue weighted by atomic mass is 10.2. The highest BCUT2D eigenvalue weighted by molar-refractivity contribution is 9.10. The average molecular weight is 313 g/mol. The lowest BCUT2D eigenvalue weighted by Gasteiger charge is -2.11. The first-order valence-corrected chi connectivity index (χ1v) is 6.54. The Hall–Kier alpha value is -0.820. The van der Waals surface area contributed by atoms with Gasteiger partial charge >= 0.3 is 10.2 Å². The molecule has 0 N–H and O–H groups in total. The second kappa shape index (κ2) is 5.01. The second-order valence-electron chi connectivity index (χ2n) is 3.00. The molecule has 0 aromatic heterocycles. The summed E-state index contributed by atoms with van der Waals surface area (Å²) >= 11 is 3.18. The van der Waals surface area contributed by atoms with Crippen LogP contribution in [0, 0.1) is 0 Å². The first-order valence-electron chi connectivity index (χ1n) is 4.20. The number of methoxy groups -OCH3 is 2. The summed E-state index contributed by atoms with van der Waals surface area (Å²) < 4.78 is 44.1. The Morgan fingerprint density at radius 3 is 2.38 bits per heavy atom. The van der Waals surface area contributed by atoms with Crippen molar-refractivity contribution in [1.82, 2.24) is 0 Å². The van der Waals surface area contributed by atoms with Crippen molar-refractivity contribution >= 4 is 26.2 Å². The third-order valence-electron chi connectivity index (χ3n) is 1.83. The van der Waals surface area contributed by atoms with Gasteiger partial charge in [-0.05, 0) is 33.6 Å². The van der Waals surface area contributed by atoms with E-state index in [0.717, 1.165) is 0 Å². The van der Waals surface area contributed by atoms with Gasteiger partial charge in [0.05, 0.1) is 18.7 Å². The lowest BCUT2D eigenvalue weighted by molar-refractivity contribution is 0.353. The summed E-state index contributed by atoms with van der Waals surface area (Å²) in [5.74, 6) is 0.0874. The van der Waals surface area contributed by atoms with E-state index in [4.69, 9.17) is 9.47 Å². The summed E-state index contributed by atoms with van der Waals surface area (Å²) in [6, 6.07) is 2.89. The molecule has 90 valence electrons. The summed E-state index contributed by atoms with van der Waals surface area (Å²) in [5.41, 5.74) is 0.284. The van der Waals surface area contributed by atoms with Crippen LogP contribution in [0.2, 0.25) is 0 Å². The minimum Gasteiger partial charge on any atom is -0.493 e. The highest BCUT2D eigenvalue weighted by atomic mass is 79.9. The third-order valence-corrected chi connectivity index (χ3v) is 3.10. The van der Waals surface area contributed by atoms with Crippen LogP contribution in [-0.4, -0.2) is 22.6 Å². The molecule has 0 spiro atoms. The molecule has 0 amide bonds. The van der Waals surface area contributed by atoms with Crippen molar-refractivity contribution in [1.29, 1.82) is 0 Å². The normalized spacial score (nSPS) is 11.2. The van der Waals surface area contributed by atoms with Crippen molar-refractivity contribution in [3.8, 4) is 11.5 Å². The molecular formula is C9H10BrFO4S. The van der Waals surface area contributed by atoms with E-state index < -0.39 is 16.0 Å². The van der Waals surface area contributed by atoms with E-state index in [1.54, 1.807) is 0 Å². The van der Waals surface area contributed by atoms with Crippen LogP contribution in [0.25, 0.3) is 0 Å². The molecule has 0 bridgehead atoms. The fourth-order valence-electron chi connectivity index (χ4n) is 1.25. The standard InChI is InChI=1S/C9H10BrFO4S/c1-14-8-4-6(5-16(11,12)13)3-7(10)9(8)15-2/h3-4H,5H2,1-2H3. The topological polar surface area (TPSA) is 52.6 Å². The monoisotopic (exact) mass is 312 g/mol. The number of hydrogen-bond donors (Lipinski definition) is 0. The van der Waals surface area contributed by atoms with Crippen molar-refractivity contribution in [2.45, 2.75) is 5.75 Å². The molecule has 1 rings (SSSR count). The summed E-state index contributed by atoms with van der Waals surface area (Å²) in [6.07, 6.45) is 0. The lowest BCUT2D eigenvalue weighted by Crippen LogP contribution is -1.99. The fourth-order valence-corrected chi connectivity index (χ4v) is 2.47. The Morgan fingerprint density at radius 1 is 1.31 bits per heavy atom. The van der Waals surface area contributed by atoms with Crippen LogP contribution in [0.1, 0.15) is 5.56 Å². The van der Waals surface area contributed by atoms with Crippen LogP contribution < -0.4 is 9.47 Å². The van der Waals surface area contributed by atoms with Crippen molar-refractivity contribution < 1.29 is 21.8 Å². The Morgan fingerprint density at radius 2 is 1.94 bits per heavy atom. The molecule has 16 heavy (non-hydrogen) atoms. The molecule has 0 unspecified atom stereocenters. The van der Waals surface area contributed by atoms with E-state index in [0.29, 0.717) is 16.0 Å². The van der Waals surface area contributed by atoms with E-state index in [1.807, 2.05) is 0 Å². The molecule has 0 heterocycles. The Balaban J connectivity index is 3.20. The van der Waals surface area contributed by atoms with E-state index in [1.165, 1.54) is 26.4 Å². The summed E-state index contributed by atoms with van der Waals surface area (Å²) in [7, 11) is -1.69. The van der Waals surface area contributed by atoms with Crippen LogP contribution in [0.4, 0.5) is 3.89 Å². The fraction of sp³-hybridized carbons (Fsp3) is 0.333. The quantitative estimate of drug-likeness (QED) is 0.800. The molecule has 0 saturated carbocycles. The predicted molar refractivity (Wildman–Crippen MR) is 61.0 cm³/mol. The van der Waals surface area contributed by atoms with Gasteiger partial charge in [0.25, 0.3) is 0 Å². The first-order chi connectivity index (χ1) is 7.37. The molecule has 1 aromatic carbocycles. The highest BCUT2D eigenvalue weighted by Crippen LogP contribution is 2.36. The highest BCUT2D eigenvalue weighted by Gasteiger charge is 2.15. The molecule has 0 radical (unpaired) electrons. The van der Waals surface area contributed by atoms with Gasteiger partial charge in [0.15, 0.2) is 11.5 Å². The van der Waals surface area contributed by atoms with Crippen LogP contribution in [0.3, 0.4) is 0 Å². The van der Waals surface area contributed by atoms with Crippen molar-refractivity contribution in [2.24, 2.45) is 0 Å². The van der Waals surface area contributed by atoms with Gasteiger partial charge in [0, 0.05) is 0 Å². The van der Waals surface area contributed by atoms with Crippen molar-refractivity contribution in [3.05, 3.63) is 22.2 Å². The van der Waals surface area contributed by atoms with Crippen molar-refractivity contribution in [2.75, 3.05) is 14.2 Å². The van der Waals surface area contributed by atoms with Gasteiger partial charge in [-0.15, -0.1) is 3.89 Å². The predicted octanol–water partition coefficient (Wildman–Crippen LogP) is 2.27. The minimum absolute atomic E-state index is 0.284. The van der Waals surface area contributed by atoms with Crippen LogP contribution in [0.15, 0.2) is 16.6 Å². The van der Waals surface area contributed by atoms with Gasteiger partial charge in [-0.2, -0.15) is 8.42 Å². The van der Waals surface area contributed by atoms with Gasteiger partial charge in [0.1, 0.15) is 5.75 Å². The molecule has 7 heteroatoms. The van der Waals surface area contributed by atoms with Gasteiger partial charge in [-0.25, -0.2) is 0 Å². The zero-order valence-corrected chi connectivity index (χ0v) is 11.1. The third kappa shape index (κ3) is 3.34. The number of ether oxygens (including phenoxy) is 2. The van der Waals surface area contributed by atoms with E-state index >= 15 is 0 Å². The van der Waals surface area contributed by atoms with Crippen LogP contribution in [-0.2, 0) is 16.0 Å². The molecule has 0 atom stereocenters. The molecule has 1 aromatic rings. The van der Waals surface area contributed by atoms with Gasteiger partial charge in [0.2, 0.25) is 0 Å². The molecule has 0 aliphatic carbocycles. The Bertz CT molecular complexity index is 487. The zero-order valence-electron chi connectivity index (χ0n) is 8.66. The maximum atomic E-state index is 12.5. The van der Waals surface area contributed by atoms with Crippen LogP contribution >= 0.6 is 15.9 Å². The maximum Gasteiger partial charge on any atom is 0.306 e. The van der Waals surface area contributed by atoms with Crippen LogP contribution in [0.5, 0.6) is 11.5 Å². The summed E-state index contributed by atoms with van der Waals surface area (Å²) in [5, 5.41) is 0. The van der Waals surface area contributed by atoms with Gasteiger partial charge < -0.3 is 9.47 Å². The average Bonchev–Trinajstić information content (AvgIpc) is 2.14. The molecule has 0 aliphatic rings. The number of hydrogen-bond acceptors (Lipinski definition) is 4. The number of benzene rings is 1. The van der Waals surface area contributed by atoms with Gasteiger partial charge in [-0.3, -0.25) is 0 Å². The Kier molecular flexibility index (Phi) is 4.15. The summed E-state index contributed by atoms with van der Waals surface area (Å²) in [6.45, 7) is 0. The smallest absolute Gasteiger partial charge is 0.306 e.